The van der Waals surface area contributed by atoms with E-state index in [0.29, 0.717) is 23.9 Å². The topological polar surface area (TPSA) is 72.2 Å². The van der Waals surface area contributed by atoms with Gasteiger partial charge in [0.25, 0.3) is 0 Å². The summed E-state index contributed by atoms with van der Waals surface area (Å²) in [6, 6.07) is 6.40. The van der Waals surface area contributed by atoms with Gasteiger partial charge in [0.15, 0.2) is 0 Å². The molecule has 0 saturated heterocycles. The van der Waals surface area contributed by atoms with Gasteiger partial charge in [-0.2, -0.15) is 0 Å². The number of rotatable bonds is 6. The third-order valence-electron chi connectivity index (χ3n) is 3.45. The van der Waals surface area contributed by atoms with Crippen molar-refractivity contribution in [1.82, 2.24) is 4.72 Å². The maximum absolute atomic E-state index is 12.2. The lowest BCUT2D eigenvalue weighted by molar-refractivity contribution is 0.492. The molecule has 1 aliphatic carbocycles. The Labute approximate surface area is 119 Å². The van der Waals surface area contributed by atoms with Gasteiger partial charge in [-0.15, -0.1) is 0 Å². The van der Waals surface area contributed by atoms with Gasteiger partial charge >= 0.3 is 0 Å². The van der Waals surface area contributed by atoms with Crippen molar-refractivity contribution < 1.29 is 8.42 Å². The first-order chi connectivity index (χ1) is 8.90. The average Bonchev–Trinajstić information content (AvgIpc) is 3.20. The van der Waals surface area contributed by atoms with Crippen molar-refractivity contribution in [2.24, 2.45) is 17.6 Å². The fourth-order valence-electron chi connectivity index (χ4n) is 1.97. The van der Waals surface area contributed by atoms with Crippen molar-refractivity contribution in [3.63, 3.8) is 0 Å². The molecule has 1 aromatic rings. The van der Waals surface area contributed by atoms with E-state index in [1.807, 2.05) is 0 Å². The summed E-state index contributed by atoms with van der Waals surface area (Å²) in [5.41, 5.74) is 6.08. The molecule has 0 aromatic heterocycles. The summed E-state index contributed by atoms with van der Waals surface area (Å²) in [5, 5.41) is 0. The van der Waals surface area contributed by atoms with E-state index in [1.54, 1.807) is 18.2 Å². The second-order valence-corrected chi connectivity index (χ2v) is 7.27. The predicted molar refractivity (Wildman–Crippen MR) is 79.4 cm³/mol. The van der Waals surface area contributed by atoms with Crippen LogP contribution in [-0.4, -0.2) is 20.0 Å². The van der Waals surface area contributed by atoms with Crippen molar-refractivity contribution in [2.45, 2.75) is 24.7 Å². The van der Waals surface area contributed by atoms with Gasteiger partial charge in [0.2, 0.25) is 10.0 Å². The Balaban J connectivity index is 2.09. The normalized spacial score (nSPS) is 17.1. The molecule has 0 amide bonds. The molecule has 6 heteroatoms. The van der Waals surface area contributed by atoms with Gasteiger partial charge in [-0.05, 0) is 36.8 Å². The second kappa shape index (κ2) is 5.56. The molecule has 0 aliphatic heterocycles. The molecular formula is C13H18N2O2S2. The molecule has 19 heavy (non-hydrogen) atoms. The molecule has 3 N–H and O–H groups in total. The van der Waals surface area contributed by atoms with Gasteiger partial charge in [-0.25, -0.2) is 13.1 Å². The van der Waals surface area contributed by atoms with E-state index in [4.69, 9.17) is 18.0 Å². The highest BCUT2D eigenvalue weighted by Crippen LogP contribution is 2.36. The number of hydrogen-bond acceptors (Lipinski definition) is 3. The van der Waals surface area contributed by atoms with E-state index in [2.05, 4.69) is 11.6 Å². The Kier molecular flexibility index (Phi) is 4.23. The third-order valence-corrected chi connectivity index (χ3v) is 5.11. The van der Waals surface area contributed by atoms with Crippen LogP contribution in [0.25, 0.3) is 0 Å². The summed E-state index contributed by atoms with van der Waals surface area (Å²) in [6.07, 6.45) is 2.42. The summed E-state index contributed by atoms with van der Waals surface area (Å²) in [4.78, 5) is 0.407. The van der Waals surface area contributed by atoms with Crippen LogP contribution in [0.4, 0.5) is 0 Å². The van der Waals surface area contributed by atoms with Gasteiger partial charge in [-0.1, -0.05) is 31.3 Å². The Hall–Kier alpha value is -0.980. The van der Waals surface area contributed by atoms with E-state index in [9.17, 15) is 8.42 Å². The van der Waals surface area contributed by atoms with Crippen LogP contribution in [0, 0.1) is 11.8 Å². The summed E-state index contributed by atoms with van der Waals surface area (Å²) in [5.74, 6) is 1.05. The number of thiocarbonyl (C=S) groups is 1. The zero-order chi connectivity index (χ0) is 14.0. The van der Waals surface area contributed by atoms with Gasteiger partial charge in [-0.3, -0.25) is 0 Å². The zero-order valence-electron chi connectivity index (χ0n) is 10.8. The van der Waals surface area contributed by atoms with Crippen LogP contribution in [0.5, 0.6) is 0 Å². The van der Waals surface area contributed by atoms with Gasteiger partial charge < -0.3 is 5.73 Å². The molecule has 1 aromatic carbocycles. The van der Waals surface area contributed by atoms with E-state index in [1.165, 1.54) is 18.9 Å². The Morgan fingerprint density at radius 2 is 2.21 bits per heavy atom. The van der Waals surface area contributed by atoms with E-state index >= 15 is 0 Å². The maximum atomic E-state index is 12.2. The fraction of sp³-hybridized carbons (Fsp3) is 0.462. The first-order valence-electron chi connectivity index (χ1n) is 6.29. The Morgan fingerprint density at radius 3 is 2.79 bits per heavy atom. The SMILES string of the molecule is CC(CNS(=O)(=O)c1cccc(C(N)=S)c1)C1CC1. The lowest BCUT2D eigenvalue weighted by Gasteiger charge is -2.12. The Bertz CT molecular complexity index is 580. The third kappa shape index (κ3) is 3.75. The van der Waals surface area contributed by atoms with Crippen LogP contribution >= 0.6 is 12.2 Å². The molecule has 1 fully saturated rings. The highest BCUT2D eigenvalue weighted by atomic mass is 32.2. The molecule has 1 atom stereocenters. The number of sulfonamides is 1. The molecule has 1 unspecified atom stereocenters. The molecule has 0 spiro atoms. The minimum absolute atomic E-state index is 0.198. The lowest BCUT2D eigenvalue weighted by atomic mass is 10.1. The molecule has 2 rings (SSSR count). The van der Waals surface area contributed by atoms with Crippen LogP contribution in [-0.2, 0) is 10.0 Å². The predicted octanol–water partition coefficient (Wildman–Crippen LogP) is 1.65. The largest absolute Gasteiger partial charge is 0.389 e. The lowest BCUT2D eigenvalue weighted by Crippen LogP contribution is -2.29. The Morgan fingerprint density at radius 1 is 1.53 bits per heavy atom. The van der Waals surface area contributed by atoms with Crippen LogP contribution in [0.2, 0.25) is 0 Å². The molecule has 104 valence electrons. The molecule has 0 bridgehead atoms. The van der Waals surface area contributed by atoms with Crippen molar-refractivity contribution in [3.8, 4) is 0 Å². The van der Waals surface area contributed by atoms with Crippen molar-refractivity contribution in [2.75, 3.05) is 6.54 Å². The van der Waals surface area contributed by atoms with E-state index in [-0.39, 0.29) is 9.88 Å². The van der Waals surface area contributed by atoms with Crippen LogP contribution < -0.4 is 10.5 Å². The molecular weight excluding hydrogens is 280 g/mol. The summed E-state index contributed by atoms with van der Waals surface area (Å²) < 4.78 is 27.0. The monoisotopic (exact) mass is 298 g/mol. The standard InChI is InChI=1S/C13H18N2O2S2/c1-9(10-5-6-10)8-15-19(16,17)12-4-2-3-11(7-12)13(14)18/h2-4,7,9-10,15H,5-6,8H2,1H3,(H2,14,18). The van der Waals surface area contributed by atoms with Gasteiger partial charge in [0.05, 0.1) is 4.90 Å². The van der Waals surface area contributed by atoms with Crippen molar-refractivity contribution in [1.29, 1.82) is 0 Å². The van der Waals surface area contributed by atoms with Crippen LogP contribution in [0.3, 0.4) is 0 Å². The first-order valence-corrected chi connectivity index (χ1v) is 8.19. The molecule has 0 heterocycles. The molecule has 1 aliphatic rings. The highest BCUT2D eigenvalue weighted by molar-refractivity contribution is 7.89. The van der Waals surface area contributed by atoms with E-state index in [0.717, 1.165) is 0 Å². The minimum atomic E-state index is -3.48. The summed E-state index contributed by atoms with van der Waals surface area (Å²) >= 11 is 4.86. The number of benzene rings is 1. The molecule has 0 radical (unpaired) electrons. The van der Waals surface area contributed by atoms with Crippen molar-refractivity contribution >= 4 is 27.2 Å². The van der Waals surface area contributed by atoms with Gasteiger partial charge in [0.1, 0.15) is 4.99 Å². The highest BCUT2D eigenvalue weighted by Gasteiger charge is 2.28. The van der Waals surface area contributed by atoms with Crippen LogP contribution in [0.15, 0.2) is 29.2 Å². The smallest absolute Gasteiger partial charge is 0.240 e. The quantitative estimate of drug-likeness (QED) is 0.783. The fourth-order valence-corrected chi connectivity index (χ4v) is 3.29. The number of hydrogen-bond donors (Lipinski definition) is 2. The average molecular weight is 298 g/mol. The summed E-state index contributed by atoms with van der Waals surface area (Å²) in [7, 11) is -3.48. The number of nitrogens with two attached hydrogens (primary N) is 1. The first kappa shape index (κ1) is 14.4. The van der Waals surface area contributed by atoms with Crippen molar-refractivity contribution in [3.05, 3.63) is 29.8 Å². The maximum Gasteiger partial charge on any atom is 0.240 e. The van der Waals surface area contributed by atoms with E-state index < -0.39 is 10.0 Å². The molecule has 4 nitrogen and oxygen atoms in total. The minimum Gasteiger partial charge on any atom is -0.389 e. The zero-order valence-corrected chi connectivity index (χ0v) is 12.4. The van der Waals surface area contributed by atoms with Crippen LogP contribution in [0.1, 0.15) is 25.3 Å². The number of nitrogens with one attached hydrogen (secondary N) is 1. The second-order valence-electron chi connectivity index (χ2n) is 5.06. The van der Waals surface area contributed by atoms with Gasteiger partial charge in [0, 0.05) is 12.1 Å². The molecule has 1 saturated carbocycles. The summed E-state index contributed by atoms with van der Waals surface area (Å²) in [6.45, 7) is 2.55.